The summed E-state index contributed by atoms with van der Waals surface area (Å²) >= 11 is 0. The topological polar surface area (TPSA) is 65.2 Å². The summed E-state index contributed by atoms with van der Waals surface area (Å²) in [5, 5.41) is 0. The van der Waals surface area contributed by atoms with Crippen LogP contribution in [0.3, 0.4) is 0 Å². The van der Waals surface area contributed by atoms with Gasteiger partial charge in [0.15, 0.2) is 0 Å². The molecule has 0 radical (unpaired) electrons. The highest BCUT2D eigenvalue weighted by atomic mass is 19.4. The molecule has 0 fully saturated rings. The van der Waals surface area contributed by atoms with E-state index in [9.17, 15) is 18.0 Å². The van der Waals surface area contributed by atoms with Crippen molar-refractivity contribution in [3.8, 4) is 0 Å². The van der Waals surface area contributed by atoms with Gasteiger partial charge >= 0.3 is 12.1 Å². The Morgan fingerprint density at radius 1 is 1.47 bits per heavy atom. The summed E-state index contributed by atoms with van der Waals surface area (Å²) in [5.41, 5.74) is 4.05. The number of pyridine rings is 1. The minimum Gasteiger partial charge on any atom is -0.464 e. The number of nitrogens with zero attached hydrogens (tertiary/aromatic N) is 1. The van der Waals surface area contributed by atoms with E-state index in [-0.39, 0.29) is 24.4 Å². The van der Waals surface area contributed by atoms with Crippen LogP contribution in [0.1, 0.15) is 21.7 Å². The summed E-state index contributed by atoms with van der Waals surface area (Å²) in [6.45, 7) is 0.148. The van der Waals surface area contributed by atoms with Gasteiger partial charge in [-0.25, -0.2) is 9.78 Å². The molecule has 1 rings (SSSR count). The zero-order valence-corrected chi connectivity index (χ0v) is 9.04. The Bertz CT molecular complexity index is 419. The van der Waals surface area contributed by atoms with Crippen molar-refractivity contribution in [2.75, 3.05) is 13.7 Å². The van der Waals surface area contributed by atoms with Gasteiger partial charge in [0.1, 0.15) is 5.69 Å². The van der Waals surface area contributed by atoms with Gasteiger partial charge in [0, 0.05) is 12.1 Å². The molecular weight excluding hydrogens is 237 g/mol. The second-order valence-corrected chi connectivity index (χ2v) is 3.26. The number of carbonyl (C=O) groups is 1. The van der Waals surface area contributed by atoms with Crippen molar-refractivity contribution in [2.24, 2.45) is 5.73 Å². The Morgan fingerprint density at radius 3 is 2.59 bits per heavy atom. The van der Waals surface area contributed by atoms with Crippen LogP contribution in [0, 0.1) is 0 Å². The van der Waals surface area contributed by atoms with E-state index in [0.29, 0.717) is 6.07 Å². The monoisotopic (exact) mass is 248 g/mol. The number of alkyl halides is 3. The van der Waals surface area contributed by atoms with Crippen molar-refractivity contribution >= 4 is 5.97 Å². The first kappa shape index (κ1) is 13.4. The van der Waals surface area contributed by atoms with Gasteiger partial charge in [-0.15, -0.1) is 0 Å². The number of rotatable bonds is 3. The highest BCUT2D eigenvalue weighted by molar-refractivity contribution is 5.87. The van der Waals surface area contributed by atoms with E-state index < -0.39 is 17.7 Å². The summed E-state index contributed by atoms with van der Waals surface area (Å²) in [5.74, 6) is -0.908. The summed E-state index contributed by atoms with van der Waals surface area (Å²) in [6.07, 6.45) is -4.37. The van der Waals surface area contributed by atoms with Gasteiger partial charge in [0.2, 0.25) is 0 Å². The van der Waals surface area contributed by atoms with E-state index in [1.165, 1.54) is 0 Å². The maximum Gasteiger partial charge on any atom is 0.416 e. The molecule has 0 aliphatic carbocycles. The van der Waals surface area contributed by atoms with Gasteiger partial charge in [0.25, 0.3) is 0 Å². The van der Waals surface area contributed by atoms with Crippen LogP contribution in [0.5, 0.6) is 0 Å². The SMILES string of the molecule is COC(=O)c1cc(C(F)(F)F)cc(CCN)n1. The highest BCUT2D eigenvalue weighted by Crippen LogP contribution is 2.30. The van der Waals surface area contributed by atoms with E-state index >= 15 is 0 Å². The van der Waals surface area contributed by atoms with Crippen molar-refractivity contribution in [3.63, 3.8) is 0 Å². The lowest BCUT2D eigenvalue weighted by atomic mass is 10.1. The Balaban J connectivity index is 3.23. The van der Waals surface area contributed by atoms with Gasteiger partial charge in [-0.2, -0.15) is 13.2 Å². The largest absolute Gasteiger partial charge is 0.464 e. The maximum atomic E-state index is 12.5. The first-order valence-electron chi connectivity index (χ1n) is 4.75. The summed E-state index contributed by atoms with van der Waals surface area (Å²) < 4.78 is 42.0. The molecule has 0 amide bonds. The molecule has 1 aromatic heterocycles. The second kappa shape index (κ2) is 5.13. The molecule has 94 valence electrons. The number of aromatic nitrogens is 1. The average molecular weight is 248 g/mol. The lowest BCUT2D eigenvalue weighted by Gasteiger charge is -2.10. The fourth-order valence-corrected chi connectivity index (χ4v) is 1.24. The normalized spacial score (nSPS) is 11.4. The molecule has 0 aliphatic rings. The Kier molecular flexibility index (Phi) is 4.06. The molecule has 0 aliphatic heterocycles. The fourth-order valence-electron chi connectivity index (χ4n) is 1.24. The molecule has 0 saturated carbocycles. The van der Waals surface area contributed by atoms with Crippen LogP contribution in [0.2, 0.25) is 0 Å². The van der Waals surface area contributed by atoms with Gasteiger partial charge in [-0.05, 0) is 18.7 Å². The molecule has 2 N–H and O–H groups in total. The summed E-state index contributed by atoms with van der Waals surface area (Å²) in [4.78, 5) is 14.9. The van der Waals surface area contributed by atoms with E-state index in [1.807, 2.05) is 0 Å². The molecule has 0 spiro atoms. The number of hydrogen-bond donors (Lipinski definition) is 1. The molecule has 4 nitrogen and oxygen atoms in total. The Morgan fingerprint density at radius 2 is 2.12 bits per heavy atom. The van der Waals surface area contributed by atoms with E-state index in [4.69, 9.17) is 5.73 Å². The number of hydrogen-bond acceptors (Lipinski definition) is 4. The van der Waals surface area contributed by atoms with E-state index in [0.717, 1.165) is 13.2 Å². The lowest BCUT2D eigenvalue weighted by molar-refractivity contribution is -0.137. The molecule has 0 aromatic carbocycles. The Hall–Kier alpha value is -1.63. The molecule has 0 unspecified atom stereocenters. The molecule has 1 aromatic rings. The minimum atomic E-state index is -4.53. The lowest BCUT2D eigenvalue weighted by Crippen LogP contribution is -2.14. The minimum absolute atomic E-state index is 0.114. The van der Waals surface area contributed by atoms with Crippen molar-refractivity contribution in [2.45, 2.75) is 12.6 Å². The first-order valence-corrected chi connectivity index (χ1v) is 4.75. The van der Waals surface area contributed by atoms with E-state index in [2.05, 4.69) is 9.72 Å². The molecule has 0 atom stereocenters. The number of carbonyl (C=O) groups excluding carboxylic acids is 1. The number of ether oxygens (including phenoxy) is 1. The predicted molar refractivity (Wildman–Crippen MR) is 53.3 cm³/mol. The van der Waals surface area contributed by atoms with Crippen LogP contribution in [0.15, 0.2) is 12.1 Å². The van der Waals surface area contributed by atoms with Crippen LogP contribution in [-0.4, -0.2) is 24.6 Å². The van der Waals surface area contributed by atoms with Crippen molar-refractivity contribution in [1.82, 2.24) is 4.98 Å². The van der Waals surface area contributed by atoms with Crippen molar-refractivity contribution in [3.05, 3.63) is 29.1 Å². The van der Waals surface area contributed by atoms with Crippen LogP contribution < -0.4 is 5.73 Å². The molecule has 0 bridgehead atoms. The number of esters is 1. The standard InChI is InChI=1S/C10H11F3N2O2/c1-17-9(16)8-5-6(10(11,12)13)4-7(15-8)2-3-14/h4-5H,2-3,14H2,1H3. The third kappa shape index (κ3) is 3.42. The average Bonchev–Trinajstić information content (AvgIpc) is 2.27. The molecule has 17 heavy (non-hydrogen) atoms. The molecule has 1 heterocycles. The fraction of sp³-hybridized carbons (Fsp3) is 0.400. The summed E-state index contributed by atoms with van der Waals surface area (Å²) in [6, 6.07) is 1.53. The van der Waals surface area contributed by atoms with Crippen LogP contribution in [0.4, 0.5) is 13.2 Å². The number of halogens is 3. The van der Waals surface area contributed by atoms with Crippen molar-refractivity contribution < 1.29 is 22.7 Å². The molecule has 0 saturated heterocycles. The van der Waals surface area contributed by atoms with Crippen molar-refractivity contribution in [1.29, 1.82) is 0 Å². The zero-order valence-electron chi connectivity index (χ0n) is 9.04. The Labute approximate surface area is 95.6 Å². The van der Waals surface area contributed by atoms with Gasteiger partial charge in [-0.1, -0.05) is 0 Å². The predicted octanol–water partition coefficient (Wildman–Crippen LogP) is 1.39. The summed E-state index contributed by atoms with van der Waals surface area (Å²) in [7, 11) is 1.08. The van der Waals surface area contributed by atoms with Gasteiger partial charge in [0.05, 0.1) is 12.7 Å². The molecular formula is C10H11F3N2O2. The third-order valence-electron chi connectivity index (χ3n) is 2.00. The van der Waals surface area contributed by atoms with Crippen LogP contribution >= 0.6 is 0 Å². The van der Waals surface area contributed by atoms with Crippen LogP contribution in [0.25, 0.3) is 0 Å². The molecule has 7 heteroatoms. The highest BCUT2D eigenvalue weighted by Gasteiger charge is 2.32. The second-order valence-electron chi connectivity index (χ2n) is 3.26. The number of nitrogens with two attached hydrogens (primary N) is 1. The third-order valence-corrected chi connectivity index (χ3v) is 2.00. The van der Waals surface area contributed by atoms with Crippen LogP contribution in [-0.2, 0) is 17.3 Å². The van der Waals surface area contributed by atoms with Gasteiger partial charge < -0.3 is 10.5 Å². The van der Waals surface area contributed by atoms with Gasteiger partial charge in [-0.3, -0.25) is 0 Å². The zero-order chi connectivity index (χ0) is 13.1. The smallest absolute Gasteiger partial charge is 0.416 e. The quantitative estimate of drug-likeness (QED) is 0.821. The van der Waals surface area contributed by atoms with E-state index in [1.54, 1.807) is 0 Å². The number of methoxy groups -OCH3 is 1. The maximum absolute atomic E-state index is 12.5. The first-order chi connectivity index (χ1) is 7.88.